The zero-order valence-electron chi connectivity index (χ0n) is 18.3. The second kappa shape index (κ2) is 7.61. The van der Waals surface area contributed by atoms with Crippen LogP contribution in [0.1, 0.15) is 34.6 Å². The number of rotatable bonds is 5. The molecule has 30 heavy (non-hydrogen) atoms. The van der Waals surface area contributed by atoms with Gasteiger partial charge in [0.1, 0.15) is 6.10 Å². The van der Waals surface area contributed by atoms with Gasteiger partial charge in [-0.05, 0) is 29.3 Å². The van der Waals surface area contributed by atoms with Gasteiger partial charge in [0.2, 0.25) is 0 Å². The van der Waals surface area contributed by atoms with Gasteiger partial charge < -0.3 is 18.6 Å². The Hall–Kier alpha value is -1.99. The number of cyclic esters (lactones) is 1. The van der Waals surface area contributed by atoms with Crippen molar-refractivity contribution in [3.8, 4) is 0 Å². The van der Waals surface area contributed by atoms with Gasteiger partial charge in [0.25, 0.3) is 8.32 Å². The van der Waals surface area contributed by atoms with Crippen LogP contribution in [0, 0.1) is 0 Å². The summed E-state index contributed by atoms with van der Waals surface area (Å²) in [6, 6.07) is 20.8. The quantitative estimate of drug-likeness (QED) is 0.543. The summed E-state index contributed by atoms with van der Waals surface area (Å²) in [5, 5.41) is 2.23. The van der Waals surface area contributed by atoms with Crippen LogP contribution in [0.25, 0.3) is 0 Å². The van der Waals surface area contributed by atoms with Gasteiger partial charge in [0.05, 0.1) is 6.61 Å². The molecule has 2 heterocycles. The number of benzene rings is 2. The third-order valence-corrected chi connectivity index (χ3v) is 10.9. The van der Waals surface area contributed by atoms with E-state index in [1.54, 1.807) is 0 Å². The standard InChI is InChI=1S/C24H30O5Si/c1-23(2,3)30(17-12-8-6-9-13-17,18-14-10-7-11-15-18)26-16-19-20-21(22(25)27-19)29-24(4,5)28-20/h6-15,19-21H,16H2,1-5H3/t19-,20+,21+/m1/s1. The number of carbonyl (C=O) groups is 1. The van der Waals surface area contributed by atoms with Gasteiger partial charge in [-0.15, -0.1) is 0 Å². The zero-order chi connectivity index (χ0) is 21.6. The molecule has 160 valence electrons. The third-order valence-electron chi connectivity index (χ3n) is 5.88. The smallest absolute Gasteiger partial charge is 0.338 e. The molecule has 5 nitrogen and oxygen atoms in total. The van der Waals surface area contributed by atoms with E-state index in [0.717, 1.165) is 0 Å². The number of ether oxygens (including phenoxy) is 3. The van der Waals surface area contributed by atoms with Crippen molar-refractivity contribution >= 4 is 24.7 Å². The first-order valence-corrected chi connectivity index (χ1v) is 12.4. The van der Waals surface area contributed by atoms with E-state index in [9.17, 15) is 4.79 Å². The molecule has 6 heteroatoms. The van der Waals surface area contributed by atoms with Crippen LogP contribution in [0.2, 0.25) is 5.04 Å². The van der Waals surface area contributed by atoms with Crippen molar-refractivity contribution in [2.75, 3.05) is 6.61 Å². The second-order valence-electron chi connectivity index (χ2n) is 9.47. The molecular weight excluding hydrogens is 396 g/mol. The summed E-state index contributed by atoms with van der Waals surface area (Å²) in [6.07, 6.45) is -1.63. The largest absolute Gasteiger partial charge is 0.455 e. The van der Waals surface area contributed by atoms with Crippen molar-refractivity contribution in [3.63, 3.8) is 0 Å². The Morgan fingerprint density at radius 1 is 0.933 bits per heavy atom. The number of fused-ring (bicyclic) bond motifs is 1. The molecule has 0 aliphatic carbocycles. The van der Waals surface area contributed by atoms with Crippen LogP contribution in [0.15, 0.2) is 60.7 Å². The Morgan fingerprint density at radius 2 is 1.47 bits per heavy atom. The minimum atomic E-state index is -2.71. The third kappa shape index (κ3) is 3.62. The maximum Gasteiger partial charge on any atom is 0.338 e. The molecule has 0 radical (unpaired) electrons. The monoisotopic (exact) mass is 426 g/mol. The van der Waals surface area contributed by atoms with Gasteiger partial charge in [0, 0.05) is 0 Å². The van der Waals surface area contributed by atoms with Crippen molar-refractivity contribution in [2.24, 2.45) is 0 Å². The fourth-order valence-corrected chi connectivity index (χ4v) is 9.19. The van der Waals surface area contributed by atoms with Crippen molar-refractivity contribution in [1.29, 1.82) is 0 Å². The van der Waals surface area contributed by atoms with E-state index in [1.807, 2.05) is 26.0 Å². The summed E-state index contributed by atoms with van der Waals surface area (Å²) in [6.45, 7) is 10.6. The van der Waals surface area contributed by atoms with Crippen LogP contribution in [0.3, 0.4) is 0 Å². The van der Waals surface area contributed by atoms with Crippen LogP contribution >= 0.6 is 0 Å². The molecule has 0 unspecified atom stereocenters. The summed E-state index contributed by atoms with van der Waals surface area (Å²) < 4.78 is 24.2. The van der Waals surface area contributed by atoms with Crippen LogP contribution < -0.4 is 10.4 Å². The van der Waals surface area contributed by atoms with Crippen molar-refractivity contribution in [2.45, 2.75) is 63.8 Å². The molecule has 0 bridgehead atoms. The topological polar surface area (TPSA) is 54.0 Å². The first-order valence-electron chi connectivity index (χ1n) is 10.5. The maximum absolute atomic E-state index is 12.3. The Balaban J connectivity index is 1.70. The summed E-state index contributed by atoms with van der Waals surface area (Å²) in [5.74, 6) is -1.17. The van der Waals surface area contributed by atoms with Crippen LogP contribution in [0.5, 0.6) is 0 Å². The molecular formula is C24H30O5Si. The first kappa shape index (κ1) is 21.2. The van der Waals surface area contributed by atoms with E-state index in [2.05, 4.69) is 69.3 Å². The fourth-order valence-electron chi connectivity index (χ4n) is 4.62. The molecule has 2 aromatic rings. The Bertz CT molecular complexity index is 851. The molecule has 2 aromatic carbocycles. The number of esters is 1. The minimum absolute atomic E-state index is 0.149. The summed E-state index contributed by atoms with van der Waals surface area (Å²) in [7, 11) is -2.71. The van der Waals surface area contributed by atoms with Crippen LogP contribution in [-0.2, 0) is 23.4 Å². The highest BCUT2D eigenvalue weighted by atomic mass is 28.4. The van der Waals surface area contributed by atoms with Gasteiger partial charge >= 0.3 is 5.97 Å². The minimum Gasteiger partial charge on any atom is -0.455 e. The number of carbonyl (C=O) groups excluding carboxylic acids is 1. The molecule has 3 atom stereocenters. The van der Waals surface area contributed by atoms with E-state index in [4.69, 9.17) is 18.6 Å². The molecule has 0 spiro atoms. The Morgan fingerprint density at radius 3 is 1.97 bits per heavy atom. The predicted octanol–water partition coefficient (Wildman–Crippen LogP) is 3.01. The molecule has 2 saturated heterocycles. The average Bonchev–Trinajstić information content (AvgIpc) is 3.17. The van der Waals surface area contributed by atoms with Gasteiger partial charge in [-0.1, -0.05) is 81.4 Å². The predicted molar refractivity (Wildman–Crippen MR) is 117 cm³/mol. The molecule has 2 aliphatic heterocycles. The summed E-state index contributed by atoms with van der Waals surface area (Å²) in [4.78, 5) is 12.3. The molecule has 2 aliphatic rings. The SMILES string of the molecule is CC1(C)O[C@@H]2[C@H](O1)C(=O)O[C@@H]2CO[Si](c1ccccc1)(c1ccccc1)C(C)(C)C. The summed E-state index contributed by atoms with van der Waals surface area (Å²) >= 11 is 0. The van der Waals surface area contributed by atoms with E-state index in [0.29, 0.717) is 0 Å². The summed E-state index contributed by atoms with van der Waals surface area (Å²) in [5.41, 5.74) is 0. The Labute approximate surface area is 179 Å². The van der Waals surface area contributed by atoms with Gasteiger partial charge in [0.15, 0.2) is 18.0 Å². The van der Waals surface area contributed by atoms with Gasteiger partial charge in [-0.2, -0.15) is 0 Å². The van der Waals surface area contributed by atoms with Crippen LogP contribution in [-0.4, -0.2) is 45.0 Å². The normalized spacial score (nSPS) is 25.8. The van der Waals surface area contributed by atoms with E-state index < -0.39 is 32.4 Å². The molecule has 0 aromatic heterocycles. The fraction of sp³-hybridized carbons (Fsp3) is 0.458. The molecule has 2 fully saturated rings. The first-order chi connectivity index (χ1) is 14.1. The molecule has 0 amide bonds. The van der Waals surface area contributed by atoms with E-state index in [1.165, 1.54) is 10.4 Å². The lowest BCUT2D eigenvalue weighted by atomic mass is 10.1. The van der Waals surface area contributed by atoms with Gasteiger partial charge in [-0.3, -0.25) is 0 Å². The molecule has 0 N–H and O–H groups in total. The van der Waals surface area contributed by atoms with Crippen molar-refractivity contribution in [3.05, 3.63) is 60.7 Å². The lowest BCUT2D eigenvalue weighted by Gasteiger charge is -2.43. The van der Waals surface area contributed by atoms with Crippen molar-refractivity contribution < 1.29 is 23.4 Å². The van der Waals surface area contributed by atoms with Crippen LogP contribution in [0.4, 0.5) is 0 Å². The average molecular weight is 427 g/mol. The molecule has 4 rings (SSSR count). The lowest BCUT2D eigenvalue weighted by molar-refractivity contribution is -0.188. The van der Waals surface area contributed by atoms with Crippen molar-refractivity contribution in [1.82, 2.24) is 0 Å². The second-order valence-corrected chi connectivity index (χ2v) is 13.8. The van der Waals surface area contributed by atoms with E-state index >= 15 is 0 Å². The molecule has 0 saturated carbocycles. The highest BCUT2D eigenvalue weighted by Gasteiger charge is 2.57. The lowest BCUT2D eigenvalue weighted by Crippen LogP contribution is -2.67. The van der Waals surface area contributed by atoms with E-state index in [-0.39, 0.29) is 17.6 Å². The number of hydrogen-bond acceptors (Lipinski definition) is 5. The zero-order valence-corrected chi connectivity index (χ0v) is 19.3. The maximum atomic E-state index is 12.3. The Kier molecular flexibility index (Phi) is 5.39. The highest BCUT2D eigenvalue weighted by Crippen LogP contribution is 2.39. The van der Waals surface area contributed by atoms with Gasteiger partial charge in [-0.25, -0.2) is 4.79 Å². The highest BCUT2D eigenvalue weighted by molar-refractivity contribution is 6.99. The number of hydrogen-bond donors (Lipinski definition) is 0.